The van der Waals surface area contributed by atoms with Gasteiger partial charge in [-0.2, -0.15) is 0 Å². The summed E-state index contributed by atoms with van der Waals surface area (Å²) >= 11 is 3.45. The summed E-state index contributed by atoms with van der Waals surface area (Å²) in [5.41, 5.74) is 6.85. The van der Waals surface area contributed by atoms with Gasteiger partial charge in [-0.25, -0.2) is 0 Å². The first kappa shape index (κ1) is 16.2. The average Bonchev–Trinajstić information content (AvgIpc) is 2.35. The molecule has 3 N–H and O–H groups in total. The molecule has 2 atom stereocenters. The van der Waals surface area contributed by atoms with E-state index in [1.54, 1.807) is 0 Å². The van der Waals surface area contributed by atoms with Gasteiger partial charge in [0.1, 0.15) is 0 Å². The lowest BCUT2D eigenvalue weighted by molar-refractivity contribution is -0.125. The van der Waals surface area contributed by atoms with Gasteiger partial charge in [-0.05, 0) is 43.9 Å². The zero-order valence-corrected chi connectivity index (χ0v) is 13.2. The molecule has 0 saturated carbocycles. The number of rotatable bonds is 7. The standard InChI is InChI=1S/C15H23BrN2O/c1-3-13(15(19)18-8-7-11(2)17)9-12-5-4-6-14(16)10-12/h4-6,10-11,13H,3,7-9,17H2,1-2H3,(H,18,19). The van der Waals surface area contributed by atoms with Crippen molar-refractivity contribution in [1.29, 1.82) is 0 Å². The third kappa shape index (κ3) is 6.21. The van der Waals surface area contributed by atoms with Gasteiger partial charge in [-0.15, -0.1) is 0 Å². The molecular formula is C15H23BrN2O. The first-order valence-electron chi connectivity index (χ1n) is 6.80. The molecule has 0 radical (unpaired) electrons. The number of amides is 1. The lowest BCUT2D eigenvalue weighted by atomic mass is 9.96. The zero-order valence-electron chi connectivity index (χ0n) is 11.7. The Labute approximate surface area is 124 Å². The minimum Gasteiger partial charge on any atom is -0.356 e. The minimum atomic E-state index is 0.0300. The number of nitrogens with one attached hydrogen (secondary N) is 1. The van der Waals surface area contributed by atoms with E-state index in [0.29, 0.717) is 6.54 Å². The van der Waals surface area contributed by atoms with Gasteiger partial charge in [0.15, 0.2) is 0 Å². The van der Waals surface area contributed by atoms with Gasteiger partial charge in [0.25, 0.3) is 0 Å². The molecule has 1 amide bonds. The molecule has 19 heavy (non-hydrogen) atoms. The van der Waals surface area contributed by atoms with E-state index in [0.717, 1.165) is 23.7 Å². The Bertz CT molecular complexity index is 407. The minimum absolute atomic E-state index is 0.0300. The molecule has 4 heteroatoms. The average molecular weight is 327 g/mol. The Hall–Kier alpha value is -0.870. The second kappa shape index (κ2) is 8.33. The van der Waals surface area contributed by atoms with Gasteiger partial charge in [0.05, 0.1) is 0 Å². The number of nitrogens with two attached hydrogens (primary N) is 1. The van der Waals surface area contributed by atoms with Crippen LogP contribution in [0.5, 0.6) is 0 Å². The number of carbonyl (C=O) groups excluding carboxylic acids is 1. The topological polar surface area (TPSA) is 55.1 Å². The fourth-order valence-electron chi connectivity index (χ4n) is 1.94. The number of benzene rings is 1. The van der Waals surface area contributed by atoms with Crippen molar-refractivity contribution >= 4 is 21.8 Å². The number of carbonyl (C=O) groups is 1. The lowest BCUT2D eigenvalue weighted by Gasteiger charge is -2.16. The SMILES string of the molecule is CCC(Cc1cccc(Br)c1)C(=O)NCCC(C)N. The largest absolute Gasteiger partial charge is 0.356 e. The molecule has 0 heterocycles. The van der Waals surface area contributed by atoms with E-state index >= 15 is 0 Å². The molecule has 0 saturated heterocycles. The van der Waals surface area contributed by atoms with Gasteiger partial charge < -0.3 is 11.1 Å². The maximum atomic E-state index is 12.1. The van der Waals surface area contributed by atoms with E-state index in [1.807, 2.05) is 26.0 Å². The summed E-state index contributed by atoms with van der Waals surface area (Å²) in [6.07, 6.45) is 2.44. The summed E-state index contributed by atoms with van der Waals surface area (Å²) in [5, 5.41) is 2.97. The molecule has 106 valence electrons. The Morgan fingerprint density at radius 3 is 2.79 bits per heavy atom. The molecule has 0 aliphatic rings. The first-order chi connectivity index (χ1) is 9.02. The molecule has 1 rings (SSSR count). The van der Waals surface area contributed by atoms with Crippen molar-refractivity contribution in [2.45, 2.75) is 39.2 Å². The van der Waals surface area contributed by atoms with Crippen LogP contribution in [0.15, 0.2) is 28.7 Å². The maximum Gasteiger partial charge on any atom is 0.223 e. The number of hydrogen-bond acceptors (Lipinski definition) is 2. The number of hydrogen-bond donors (Lipinski definition) is 2. The van der Waals surface area contributed by atoms with Gasteiger partial charge >= 0.3 is 0 Å². The van der Waals surface area contributed by atoms with Crippen molar-refractivity contribution in [3.05, 3.63) is 34.3 Å². The van der Waals surface area contributed by atoms with Crippen LogP contribution in [0.2, 0.25) is 0 Å². The second-order valence-electron chi connectivity index (χ2n) is 5.00. The Morgan fingerprint density at radius 1 is 1.47 bits per heavy atom. The molecule has 1 aromatic carbocycles. The van der Waals surface area contributed by atoms with Crippen molar-refractivity contribution < 1.29 is 4.79 Å². The Balaban J connectivity index is 2.50. The summed E-state index contributed by atoms with van der Waals surface area (Å²) in [4.78, 5) is 12.1. The molecular weight excluding hydrogens is 304 g/mol. The van der Waals surface area contributed by atoms with Crippen LogP contribution in [0, 0.1) is 5.92 Å². The smallest absolute Gasteiger partial charge is 0.223 e. The molecule has 0 aliphatic heterocycles. The highest BCUT2D eigenvalue weighted by Crippen LogP contribution is 2.17. The highest BCUT2D eigenvalue weighted by Gasteiger charge is 2.16. The molecule has 0 aromatic heterocycles. The van der Waals surface area contributed by atoms with Crippen molar-refractivity contribution in [2.75, 3.05) is 6.54 Å². The van der Waals surface area contributed by atoms with E-state index in [9.17, 15) is 4.79 Å². The molecule has 0 bridgehead atoms. The van der Waals surface area contributed by atoms with Gasteiger partial charge in [0, 0.05) is 23.0 Å². The Morgan fingerprint density at radius 2 is 2.21 bits per heavy atom. The Kier molecular flexibility index (Phi) is 7.10. The van der Waals surface area contributed by atoms with Crippen LogP contribution in [0.3, 0.4) is 0 Å². The molecule has 1 aromatic rings. The summed E-state index contributed by atoms with van der Waals surface area (Å²) in [7, 11) is 0. The van der Waals surface area contributed by atoms with Gasteiger partial charge in [-0.3, -0.25) is 4.79 Å². The predicted octanol–water partition coefficient (Wildman–Crippen LogP) is 2.87. The summed E-state index contributed by atoms with van der Waals surface area (Å²) in [6, 6.07) is 8.25. The quantitative estimate of drug-likeness (QED) is 0.809. The van der Waals surface area contributed by atoms with Crippen LogP contribution in [0.4, 0.5) is 0 Å². The van der Waals surface area contributed by atoms with Crippen LogP contribution >= 0.6 is 15.9 Å². The van der Waals surface area contributed by atoms with E-state index in [4.69, 9.17) is 5.73 Å². The van der Waals surface area contributed by atoms with E-state index in [-0.39, 0.29) is 17.9 Å². The van der Waals surface area contributed by atoms with Crippen molar-refractivity contribution in [1.82, 2.24) is 5.32 Å². The normalized spacial score (nSPS) is 13.9. The van der Waals surface area contributed by atoms with Crippen LogP contribution < -0.4 is 11.1 Å². The highest BCUT2D eigenvalue weighted by molar-refractivity contribution is 9.10. The maximum absolute atomic E-state index is 12.1. The summed E-state index contributed by atoms with van der Waals surface area (Å²) < 4.78 is 1.05. The second-order valence-corrected chi connectivity index (χ2v) is 5.91. The first-order valence-corrected chi connectivity index (χ1v) is 7.60. The summed E-state index contributed by atoms with van der Waals surface area (Å²) in [6.45, 7) is 4.66. The van der Waals surface area contributed by atoms with Crippen LogP contribution in [-0.2, 0) is 11.2 Å². The van der Waals surface area contributed by atoms with Crippen LogP contribution in [-0.4, -0.2) is 18.5 Å². The predicted molar refractivity (Wildman–Crippen MR) is 82.9 cm³/mol. The van der Waals surface area contributed by atoms with Crippen LogP contribution in [0.1, 0.15) is 32.3 Å². The van der Waals surface area contributed by atoms with E-state index < -0.39 is 0 Å². The van der Waals surface area contributed by atoms with Gasteiger partial charge in [0.2, 0.25) is 5.91 Å². The molecule has 0 fully saturated rings. The molecule has 0 aliphatic carbocycles. The monoisotopic (exact) mass is 326 g/mol. The highest BCUT2D eigenvalue weighted by atomic mass is 79.9. The number of halogens is 1. The molecule has 2 unspecified atom stereocenters. The fourth-order valence-corrected chi connectivity index (χ4v) is 2.38. The third-order valence-corrected chi connectivity index (χ3v) is 3.63. The van der Waals surface area contributed by atoms with Gasteiger partial charge in [-0.1, -0.05) is 35.0 Å². The zero-order chi connectivity index (χ0) is 14.3. The van der Waals surface area contributed by atoms with E-state index in [1.165, 1.54) is 5.56 Å². The van der Waals surface area contributed by atoms with Crippen LogP contribution in [0.25, 0.3) is 0 Å². The van der Waals surface area contributed by atoms with Crippen molar-refractivity contribution in [3.63, 3.8) is 0 Å². The van der Waals surface area contributed by atoms with Crippen molar-refractivity contribution in [3.8, 4) is 0 Å². The fraction of sp³-hybridized carbons (Fsp3) is 0.533. The van der Waals surface area contributed by atoms with Crippen molar-refractivity contribution in [2.24, 2.45) is 11.7 Å². The summed E-state index contributed by atoms with van der Waals surface area (Å²) in [5.74, 6) is 0.158. The lowest BCUT2D eigenvalue weighted by Crippen LogP contribution is -2.34. The molecule has 3 nitrogen and oxygen atoms in total. The molecule has 0 spiro atoms. The van der Waals surface area contributed by atoms with E-state index in [2.05, 4.69) is 33.4 Å². The third-order valence-electron chi connectivity index (χ3n) is 3.13.